The monoisotopic (exact) mass is 315 g/mol. The van der Waals surface area contributed by atoms with Gasteiger partial charge in [-0.05, 0) is 24.3 Å². The van der Waals surface area contributed by atoms with Crippen LogP contribution in [0.2, 0.25) is 0 Å². The maximum Gasteiger partial charge on any atom is 0.410 e. The molecule has 1 saturated heterocycles. The Bertz CT molecular complexity index is 607. The Balaban J connectivity index is 1.46. The van der Waals surface area contributed by atoms with Gasteiger partial charge in [0.15, 0.2) is 0 Å². The van der Waals surface area contributed by atoms with Crippen molar-refractivity contribution in [3.05, 3.63) is 54.1 Å². The van der Waals surface area contributed by atoms with E-state index in [1.807, 2.05) is 30.3 Å². The standard InChI is InChI=1S/C17H21N3O3/c21-15(16-18-8-9-19-16)14-6-10-20(11-7-14)17(22)23-12-13-4-2-1-3-5-13/h1-5,8-9,14-15,21H,6-7,10-12H2,(H,18,19). The molecule has 1 unspecified atom stereocenters. The van der Waals surface area contributed by atoms with Gasteiger partial charge in [-0.25, -0.2) is 9.78 Å². The summed E-state index contributed by atoms with van der Waals surface area (Å²) in [5, 5.41) is 10.3. The number of aromatic amines is 1. The first-order valence-electron chi connectivity index (χ1n) is 7.87. The lowest BCUT2D eigenvalue weighted by molar-refractivity contribution is 0.0415. The Morgan fingerprint density at radius 3 is 2.74 bits per heavy atom. The van der Waals surface area contributed by atoms with Crippen molar-refractivity contribution in [2.45, 2.75) is 25.6 Å². The first-order valence-corrected chi connectivity index (χ1v) is 7.87. The molecule has 3 rings (SSSR count). The third-order valence-electron chi connectivity index (χ3n) is 4.25. The van der Waals surface area contributed by atoms with Gasteiger partial charge >= 0.3 is 6.09 Å². The number of H-pyrrole nitrogens is 1. The lowest BCUT2D eigenvalue weighted by Crippen LogP contribution is -2.40. The molecule has 0 aliphatic carbocycles. The van der Waals surface area contributed by atoms with Crippen LogP contribution in [0.25, 0.3) is 0 Å². The molecule has 1 atom stereocenters. The number of nitrogens with zero attached hydrogens (tertiary/aromatic N) is 2. The van der Waals surface area contributed by atoms with Crippen LogP contribution in [0, 0.1) is 5.92 Å². The molecule has 0 bridgehead atoms. The fraction of sp³-hybridized carbons (Fsp3) is 0.412. The van der Waals surface area contributed by atoms with Crippen LogP contribution in [-0.2, 0) is 11.3 Å². The van der Waals surface area contributed by atoms with E-state index in [-0.39, 0.29) is 18.6 Å². The molecule has 23 heavy (non-hydrogen) atoms. The number of rotatable bonds is 4. The van der Waals surface area contributed by atoms with Crippen LogP contribution < -0.4 is 0 Å². The normalized spacial score (nSPS) is 17.0. The molecule has 0 saturated carbocycles. The number of amides is 1. The van der Waals surface area contributed by atoms with E-state index in [1.165, 1.54) is 0 Å². The number of aliphatic hydroxyl groups excluding tert-OH is 1. The summed E-state index contributed by atoms with van der Waals surface area (Å²) in [6.07, 6.45) is 3.92. The van der Waals surface area contributed by atoms with E-state index in [4.69, 9.17) is 4.74 Å². The van der Waals surface area contributed by atoms with Crippen LogP contribution in [0.4, 0.5) is 4.79 Å². The van der Waals surface area contributed by atoms with Crippen LogP contribution in [0.15, 0.2) is 42.7 Å². The molecule has 1 aromatic heterocycles. The average molecular weight is 315 g/mol. The predicted molar refractivity (Wildman–Crippen MR) is 84.5 cm³/mol. The van der Waals surface area contributed by atoms with E-state index >= 15 is 0 Å². The number of ether oxygens (including phenoxy) is 1. The number of aliphatic hydroxyl groups is 1. The molecule has 0 radical (unpaired) electrons. The summed E-state index contributed by atoms with van der Waals surface area (Å²) in [4.78, 5) is 20.8. The first kappa shape index (κ1) is 15.6. The minimum Gasteiger partial charge on any atom is -0.445 e. The Hall–Kier alpha value is -2.34. The highest BCUT2D eigenvalue weighted by molar-refractivity contribution is 5.67. The molecule has 1 aromatic carbocycles. The summed E-state index contributed by atoms with van der Waals surface area (Å²) in [5.74, 6) is 0.703. The van der Waals surface area contributed by atoms with E-state index < -0.39 is 6.10 Å². The molecule has 6 heteroatoms. The highest BCUT2D eigenvalue weighted by Gasteiger charge is 2.29. The van der Waals surface area contributed by atoms with E-state index in [1.54, 1.807) is 17.3 Å². The van der Waals surface area contributed by atoms with E-state index in [0.29, 0.717) is 18.9 Å². The van der Waals surface area contributed by atoms with E-state index in [9.17, 15) is 9.90 Å². The summed E-state index contributed by atoms with van der Waals surface area (Å²) in [6.45, 7) is 1.47. The van der Waals surface area contributed by atoms with Gasteiger partial charge in [-0.1, -0.05) is 30.3 Å². The summed E-state index contributed by atoms with van der Waals surface area (Å²) in [6, 6.07) is 9.63. The van der Waals surface area contributed by atoms with Gasteiger partial charge in [-0.2, -0.15) is 0 Å². The van der Waals surface area contributed by atoms with Gasteiger partial charge in [0.2, 0.25) is 0 Å². The minimum atomic E-state index is -0.604. The van der Waals surface area contributed by atoms with Gasteiger partial charge in [-0.15, -0.1) is 0 Å². The van der Waals surface area contributed by atoms with Crippen LogP contribution >= 0.6 is 0 Å². The summed E-state index contributed by atoms with van der Waals surface area (Å²) in [5.41, 5.74) is 0.976. The van der Waals surface area contributed by atoms with Crippen molar-refractivity contribution in [3.8, 4) is 0 Å². The molecule has 1 fully saturated rings. The maximum absolute atomic E-state index is 12.1. The topological polar surface area (TPSA) is 78.4 Å². The lowest BCUT2D eigenvalue weighted by Gasteiger charge is -2.33. The molecule has 1 aliphatic rings. The average Bonchev–Trinajstić information content (AvgIpc) is 3.15. The Morgan fingerprint density at radius 1 is 1.35 bits per heavy atom. The zero-order valence-corrected chi connectivity index (χ0v) is 12.9. The van der Waals surface area contributed by atoms with Crippen molar-refractivity contribution in [3.63, 3.8) is 0 Å². The van der Waals surface area contributed by atoms with Crippen LogP contribution in [0.5, 0.6) is 0 Å². The molecule has 122 valence electrons. The Morgan fingerprint density at radius 2 is 2.09 bits per heavy atom. The van der Waals surface area contributed by atoms with Crippen molar-refractivity contribution >= 4 is 6.09 Å². The zero-order chi connectivity index (χ0) is 16.1. The number of carbonyl (C=O) groups is 1. The number of benzene rings is 1. The Kier molecular flexibility index (Phi) is 4.92. The highest BCUT2D eigenvalue weighted by atomic mass is 16.6. The molecule has 1 amide bonds. The summed E-state index contributed by atoms with van der Waals surface area (Å²) >= 11 is 0. The molecule has 2 N–H and O–H groups in total. The highest BCUT2D eigenvalue weighted by Crippen LogP contribution is 2.29. The second kappa shape index (κ2) is 7.28. The number of hydrogen-bond donors (Lipinski definition) is 2. The number of hydrogen-bond acceptors (Lipinski definition) is 4. The van der Waals surface area contributed by atoms with Crippen molar-refractivity contribution < 1.29 is 14.6 Å². The van der Waals surface area contributed by atoms with Crippen molar-refractivity contribution in [1.82, 2.24) is 14.9 Å². The summed E-state index contributed by atoms with van der Waals surface area (Å²) < 4.78 is 5.34. The number of carbonyl (C=O) groups excluding carboxylic acids is 1. The van der Waals surface area contributed by atoms with E-state index in [2.05, 4.69) is 9.97 Å². The third-order valence-corrected chi connectivity index (χ3v) is 4.25. The first-order chi connectivity index (χ1) is 11.2. The largest absolute Gasteiger partial charge is 0.445 e. The quantitative estimate of drug-likeness (QED) is 0.908. The number of aromatic nitrogens is 2. The van der Waals surface area contributed by atoms with E-state index in [0.717, 1.165) is 18.4 Å². The Labute approximate surface area is 135 Å². The molecule has 2 heterocycles. The fourth-order valence-corrected chi connectivity index (χ4v) is 2.87. The molecule has 2 aromatic rings. The van der Waals surface area contributed by atoms with Gasteiger partial charge in [-0.3, -0.25) is 0 Å². The molecule has 1 aliphatic heterocycles. The number of nitrogens with one attached hydrogen (secondary N) is 1. The smallest absolute Gasteiger partial charge is 0.410 e. The van der Waals surface area contributed by atoms with Gasteiger partial charge in [0.25, 0.3) is 0 Å². The maximum atomic E-state index is 12.1. The van der Waals surface area contributed by atoms with Crippen LogP contribution in [0.3, 0.4) is 0 Å². The van der Waals surface area contributed by atoms with Crippen molar-refractivity contribution in [2.75, 3.05) is 13.1 Å². The minimum absolute atomic E-state index is 0.110. The van der Waals surface area contributed by atoms with Gasteiger partial charge < -0.3 is 19.7 Å². The van der Waals surface area contributed by atoms with Crippen molar-refractivity contribution in [1.29, 1.82) is 0 Å². The molecule has 6 nitrogen and oxygen atoms in total. The number of likely N-dealkylation sites (tertiary alicyclic amines) is 1. The zero-order valence-electron chi connectivity index (χ0n) is 12.9. The van der Waals surface area contributed by atoms with Crippen LogP contribution in [0.1, 0.15) is 30.3 Å². The second-order valence-electron chi connectivity index (χ2n) is 5.78. The number of piperidine rings is 1. The van der Waals surface area contributed by atoms with Crippen LogP contribution in [-0.4, -0.2) is 39.2 Å². The lowest BCUT2D eigenvalue weighted by atomic mass is 9.91. The fourth-order valence-electron chi connectivity index (χ4n) is 2.87. The summed E-state index contributed by atoms with van der Waals surface area (Å²) in [7, 11) is 0. The SMILES string of the molecule is O=C(OCc1ccccc1)N1CCC(C(O)c2ncc[nH]2)CC1. The van der Waals surface area contributed by atoms with Crippen molar-refractivity contribution in [2.24, 2.45) is 5.92 Å². The van der Waals surface area contributed by atoms with Gasteiger partial charge in [0.1, 0.15) is 18.5 Å². The number of imidazole rings is 1. The molecule has 0 spiro atoms. The molecular formula is C17H21N3O3. The van der Waals surface area contributed by atoms with Gasteiger partial charge in [0, 0.05) is 25.5 Å². The predicted octanol–water partition coefficient (Wildman–Crippen LogP) is 2.49. The third kappa shape index (κ3) is 3.90. The van der Waals surface area contributed by atoms with Gasteiger partial charge in [0.05, 0.1) is 0 Å². The second-order valence-corrected chi connectivity index (χ2v) is 5.78. The molecular weight excluding hydrogens is 294 g/mol.